The third-order valence-electron chi connectivity index (χ3n) is 11.0. The van der Waals surface area contributed by atoms with Gasteiger partial charge in [0.2, 0.25) is 0 Å². The summed E-state index contributed by atoms with van der Waals surface area (Å²) in [6.45, 7) is 0. The van der Waals surface area contributed by atoms with Gasteiger partial charge in [-0.25, -0.2) is 15.0 Å². The van der Waals surface area contributed by atoms with Crippen LogP contribution in [0.2, 0.25) is 0 Å². The van der Waals surface area contributed by atoms with Crippen molar-refractivity contribution in [2.24, 2.45) is 0 Å². The van der Waals surface area contributed by atoms with Crippen LogP contribution < -0.4 is 0 Å². The van der Waals surface area contributed by atoms with Crippen LogP contribution in [0.25, 0.3) is 105 Å². The number of para-hydroxylation sites is 2. The van der Waals surface area contributed by atoms with Gasteiger partial charge in [-0.15, -0.1) is 0 Å². The molecule has 0 N–H and O–H groups in total. The van der Waals surface area contributed by atoms with E-state index in [1.807, 2.05) is 0 Å². The molecule has 0 radical (unpaired) electrons. The van der Waals surface area contributed by atoms with Gasteiger partial charge in [-0.05, 0) is 80.2 Å². The molecule has 4 heteroatoms. The van der Waals surface area contributed by atoms with Crippen molar-refractivity contribution in [3.8, 4) is 62.1 Å². The molecular weight excluding hydrogens is 693 g/mol. The third kappa shape index (κ3) is 5.74. The smallest absolute Gasteiger partial charge is 0.166 e. The molecule has 0 bridgehead atoms. The van der Waals surface area contributed by atoms with Gasteiger partial charge in [0.05, 0.1) is 16.7 Å². The van der Waals surface area contributed by atoms with E-state index >= 15 is 0 Å². The molecule has 0 saturated carbocycles. The molecule has 11 aromatic rings. The fourth-order valence-electron chi connectivity index (χ4n) is 8.26. The second-order valence-electron chi connectivity index (χ2n) is 14.4. The molecule has 0 spiro atoms. The fourth-order valence-corrected chi connectivity index (χ4v) is 8.26. The predicted molar refractivity (Wildman–Crippen MR) is 236 cm³/mol. The van der Waals surface area contributed by atoms with Crippen LogP contribution in [0.5, 0.6) is 0 Å². The lowest BCUT2D eigenvalue weighted by Gasteiger charge is -2.17. The Kier molecular flexibility index (Phi) is 7.78. The lowest BCUT2D eigenvalue weighted by Crippen LogP contribution is -2.04. The minimum absolute atomic E-state index is 0.610. The van der Waals surface area contributed by atoms with Gasteiger partial charge in [-0.1, -0.05) is 170 Å². The summed E-state index contributed by atoms with van der Waals surface area (Å²) in [7, 11) is 0. The Hall–Kier alpha value is -7.69. The predicted octanol–water partition coefficient (Wildman–Crippen LogP) is 13.6. The Morgan fingerprint density at radius 3 is 1.46 bits per heavy atom. The molecule has 57 heavy (non-hydrogen) atoms. The molecule has 0 fully saturated rings. The average molecular weight is 727 g/mol. The SMILES string of the molecule is c1ccc(-c2ccc(-c3nc(-c4ccc5cc(-c6ccccc6)ccc5c4)nc(-c4cccc5ccccc45)n3)c(-n3c4ccccc4c4ccccc43)c2)cc1. The van der Waals surface area contributed by atoms with Gasteiger partial charge >= 0.3 is 0 Å². The Labute approximate surface area is 330 Å². The van der Waals surface area contributed by atoms with Crippen molar-refractivity contribution in [3.05, 3.63) is 206 Å². The van der Waals surface area contributed by atoms with Crippen molar-refractivity contribution in [2.75, 3.05) is 0 Å². The van der Waals surface area contributed by atoms with Crippen LogP contribution in [0.3, 0.4) is 0 Å². The number of hydrogen-bond donors (Lipinski definition) is 0. The maximum Gasteiger partial charge on any atom is 0.166 e. The molecule has 0 saturated heterocycles. The third-order valence-corrected chi connectivity index (χ3v) is 11.0. The van der Waals surface area contributed by atoms with Crippen molar-refractivity contribution < 1.29 is 0 Å². The molecule has 11 rings (SSSR count). The molecule has 4 nitrogen and oxygen atoms in total. The standard InChI is InChI=1S/C53H34N4/c1-3-14-35(15-4-1)38-26-27-40-33-42(29-28-39(40)32-38)51-54-52(46-23-13-19-37-18-7-8-20-43(37)46)56-53(55-51)47-31-30-41(36-16-5-2-6-17-36)34-50(47)57-48-24-11-9-21-44(48)45-22-10-12-25-49(45)57/h1-34H. The highest BCUT2D eigenvalue weighted by atomic mass is 15.1. The largest absolute Gasteiger partial charge is 0.308 e. The Balaban J connectivity index is 1.17. The molecule has 0 atom stereocenters. The summed E-state index contributed by atoms with van der Waals surface area (Å²) < 4.78 is 2.37. The summed E-state index contributed by atoms with van der Waals surface area (Å²) in [5, 5.41) is 6.91. The quantitative estimate of drug-likeness (QED) is 0.171. The monoisotopic (exact) mass is 726 g/mol. The molecule has 0 aliphatic heterocycles. The number of nitrogens with zero attached hydrogens (tertiary/aromatic N) is 4. The van der Waals surface area contributed by atoms with E-state index in [0.29, 0.717) is 17.5 Å². The lowest BCUT2D eigenvalue weighted by molar-refractivity contribution is 1.07. The molecule has 0 unspecified atom stereocenters. The summed E-state index contributed by atoms with van der Waals surface area (Å²) >= 11 is 0. The first-order valence-electron chi connectivity index (χ1n) is 19.3. The highest BCUT2D eigenvalue weighted by Crippen LogP contribution is 2.39. The molecule has 0 aliphatic rings. The number of hydrogen-bond acceptors (Lipinski definition) is 3. The van der Waals surface area contributed by atoms with Gasteiger partial charge in [0.25, 0.3) is 0 Å². The summed E-state index contributed by atoms with van der Waals surface area (Å²) in [5.41, 5.74) is 10.7. The lowest BCUT2D eigenvalue weighted by atomic mass is 9.99. The van der Waals surface area contributed by atoms with E-state index in [0.717, 1.165) is 66.1 Å². The van der Waals surface area contributed by atoms with Gasteiger partial charge < -0.3 is 4.57 Å². The fraction of sp³-hybridized carbons (Fsp3) is 0. The van der Waals surface area contributed by atoms with E-state index in [4.69, 9.17) is 15.0 Å². The van der Waals surface area contributed by atoms with Gasteiger partial charge in [0.1, 0.15) is 0 Å². The van der Waals surface area contributed by atoms with Gasteiger partial charge in [-0.2, -0.15) is 0 Å². The van der Waals surface area contributed by atoms with Crippen LogP contribution in [-0.2, 0) is 0 Å². The summed E-state index contributed by atoms with van der Waals surface area (Å²) in [6, 6.07) is 72.9. The topological polar surface area (TPSA) is 43.6 Å². The van der Waals surface area contributed by atoms with Crippen molar-refractivity contribution >= 4 is 43.4 Å². The van der Waals surface area contributed by atoms with E-state index in [9.17, 15) is 0 Å². The minimum Gasteiger partial charge on any atom is -0.308 e. The minimum atomic E-state index is 0.610. The molecule has 9 aromatic carbocycles. The number of fused-ring (bicyclic) bond motifs is 5. The number of aromatic nitrogens is 4. The first-order valence-corrected chi connectivity index (χ1v) is 19.3. The van der Waals surface area contributed by atoms with Crippen LogP contribution in [0.4, 0.5) is 0 Å². The molecule has 0 amide bonds. The zero-order valence-electron chi connectivity index (χ0n) is 30.9. The van der Waals surface area contributed by atoms with Crippen molar-refractivity contribution in [1.29, 1.82) is 0 Å². The van der Waals surface area contributed by atoms with Crippen molar-refractivity contribution in [1.82, 2.24) is 19.5 Å². The second kappa shape index (κ2) is 13.6. The van der Waals surface area contributed by atoms with E-state index in [1.165, 1.54) is 21.9 Å². The van der Waals surface area contributed by atoms with Crippen molar-refractivity contribution in [2.45, 2.75) is 0 Å². The van der Waals surface area contributed by atoms with Gasteiger partial charge in [0.15, 0.2) is 17.5 Å². The Morgan fingerprint density at radius 1 is 0.281 bits per heavy atom. The van der Waals surface area contributed by atoms with Crippen LogP contribution in [0, 0.1) is 0 Å². The highest BCUT2D eigenvalue weighted by molar-refractivity contribution is 6.10. The molecular formula is C53H34N4. The van der Waals surface area contributed by atoms with Gasteiger partial charge in [-0.3, -0.25) is 0 Å². The molecule has 2 heterocycles. The Morgan fingerprint density at radius 2 is 0.772 bits per heavy atom. The Bertz CT molecular complexity index is 3230. The summed E-state index contributed by atoms with van der Waals surface area (Å²) in [5.74, 6) is 1.86. The summed E-state index contributed by atoms with van der Waals surface area (Å²) in [4.78, 5) is 16.0. The number of rotatable bonds is 6. The maximum absolute atomic E-state index is 5.35. The first kappa shape index (κ1) is 32.7. The molecule has 266 valence electrons. The zero-order valence-corrected chi connectivity index (χ0v) is 30.9. The van der Waals surface area contributed by atoms with E-state index in [2.05, 4.69) is 211 Å². The molecule has 2 aromatic heterocycles. The zero-order chi connectivity index (χ0) is 37.7. The molecule has 0 aliphatic carbocycles. The van der Waals surface area contributed by atoms with Crippen LogP contribution >= 0.6 is 0 Å². The maximum atomic E-state index is 5.35. The van der Waals surface area contributed by atoms with E-state index in [1.54, 1.807) is 0 Å². The van der Waals surface area contributed by atoms with Crippen LogP contribution in [0.15, 0.2) is 206 Å². The normalized spacial score (nSPS) is 11.5. The summed E-state index contributed by atoms with van der Waals surface area (Å²) in [6.07, 6.45) is 0. The van der Waals surface area contributed by atoms with E-state index in [-0.39, 0.29) is 0 Å². The van der Waals surface area contributed by atoms with Crippen molar-refractivity contribution in [3.63, 3.8) is 0 Å². The second-order valence-corrected chi connectivity index (χ2v) is 14.4. The number of benzene rings is 9. The van der Waals surface area contributed by atoms with Crippen LogP contribution in [0.1, 0.15) is 0 Å². The van der Waals surface area contributed by atoms with E-state index < -0.39 is 0 Å². The average Bonchev–Trinajstić information content (AvgIpc) is 3.63. The van der Waals surface area contributed by atoms with Gasteiger partial charge in [0, 0.05) is 27.5 Å². The first-order chi connectivity index (χ1) is 28.2. The van der Waals surface area contributed by atoms with Crippen LogP contribution in [-0.4, -0.2) is 19.5 Å². The highest BCUT2D eigenvalue weighted by Gasteiger charge is 2.21.